The van der Waals surface area contributed by atoms with Crippen LogP contribution >= 0.6 is 23.2 Å². The van der Waals surface area contributed by atoms with Crippen LogP contribution in [0.4, 0.5) is 32.2 Å². The van der Waals surface area contributed by atoms with Gasteiger partial charge in [-0.3, -0.25) is 0 Å². The molecule has 0 aliphatic rings. The lowest BCUT2D eigenvalue weighted by Crippen LogP contribution is -2.30. The van der Waals surface area contributed by atoms with Crippen LogP contribution in [0.2, 0.25) is 10.0 Å². The number of methoxy groups -OCH3 is 1. The van der Waals surface area contributed by atoms with Crippen LogP contribution < -0.4 is 5.73 Å². The summed E-state index contributed by atoms with van der Waals surface area (Å²) in [7, 11) is 0.662. The van der Waals surface area contributed by atoms with Crippen molar-refractivity contribution < 1.29 is 31.1 Å². The van der Waals surface area contributed by atoms with E-state index in [1.807, 2.05) is 0 Å². The normalized spacial score (nSPS) is 13.5. The van der Waals surface area contributed by atoms with Crippen molar-refractivity contribution in [1.82, 2.24) is 9.78 Å². The molecule has 0 amide bonds. The number of aromatic nitrogens is 2. The molecule has 0 fully saturated rings. The molecule has 0 saturated heterocycles. The van der Waals surface area contributed by atoms with Gasteiger partial charge in [-0.25, -0.2) is 9.07 Å². The van der Waals surface area contributed by atoms with Gasteiger partial charge in [0.15, 0.2) is 5.69 Å². The van der Waals surface area contributed by atoms with E-state index in [1.54, 1.807) is 0 Å². The molecule has 1 aromatic heterocycles. The molecule has 2 N–H and O–H groups in total. The fourth-order valence-corrected chi connectivity index (χ4v) is 2.85. The Morgan fingerprint density at radius 2 is 1.74 bits per heavy atom. The van der Waals surface area contributed by atoms with Gasteiger partial charge < -0.3 is 10.5 Å². The Labute approximate surface area is 157 Å². The van der Waals surface area contributed by atoms with Crippen LogP contribution in [-0.2, 0) is 16.8 Å². The van der Waals surface area contributed by atoms with E-state index in [2.05, 4.69) is 9.84 Å². The number of hydrogen-bond donors (Lipinski definition) is 1. The lowest BCUT2D eigenvalue weighted by atomic mass is 10.1. The van der Waals surface area contributed by atoms with E-state index in [-0.39, 0.29) is 0 Å². The summed E-state index contributed by atoms with van der Waals surface area (Å²) in [5.41, 5.74) is 1.57. The number of hydrogen-bond acceptors (Lipinski definition) is 4. The second-order valence-electron chi connectivity index (χ2n) is 5.09. The molecule has 0 bridgehead atoms. The largest absolute Gasteiger partial charge is 0.416 e. The molecule has 1 atom stereocenters. The highest BCUT2D eigenvalue weighted by Gasteiger charge is 2.48. The molecule has 1 aromatic carbocycles. The smallest absolute Gasteiger partial charge is 0.383 e. The highest BCUT2D eigenvalue weighted by molar-refractivity contribution is 6.38. The molecule has 0 radical (unpaired) electrons. The number of rotatable bonds is 4. The first kappa shape index (κ1) is 21.1. The number of nitrogens with zero attached hydrogens (tertiary/aromatic N) is 3. The lowest BCUT2D eigenvalue weighted by molar-refractivity contribution is -0.189. The van der Waals surface area contributed by atoms with E-state index in [9.17, 15) is 26.3 Å². The fourth-order valence-electron chi connectivity index (χ4n) is 2.20. The van der Waals surface area contributed by atoms with E-state index < -0.39 is 56.8 Å². The standard InChI is InChI=1S/C14H8Cl2F6N4O/c1-27-12(17)13(18,19)9-8(4-23)25-26(11(9)24)10-6(15)2-5(3-7(10)16)14(20,21)22/h2-3,12H,24H2,1H3. The van der Waals surface area contributed by atoms with Crippen molar-refractivity contribution in [2.24, 2.45) is 0 Å². The highest BCUT2D eigenvalue weighted by atomic mass is 35.5. The van der Waals surface area contributed by atoms with Crippen LogP contribution in [0, 0.1) is 11.3 Å². The Balaban J connectivity index is 2.75. The Morgan fingerprint density at radius 1 is 1.22 bits per heavy atom. The number of halogens is 8. The first-order valence-corrected chi connectivity index (χ1v) is 7.52. The molecule has 2 aromatic rings. The Bertz CT molecular complexity index is 899. The Kier molecular flexibility index (Phi) is 5.56. The quantitative estimate of drug-likeness (QED) is 0.711. The minimum Gasteiger partial charge on any atom is -0.383 e. The molecule has 146 valence electrons. The van der Waals surface area contributed by atoms with Crippen molar-refractivity contribution in [1.29, 1.82) is 5.26 Å². The summed E-state index contributed by atoms with van der Waals surface area (Å²) in [6, 6.07) is 2.25. The van der Waals surface area contributed by atoms with Crippen molar-refractivity contribution in [3.8, 4) is 11.8 Å². The average molecular weight is 433 g/mol. The van der Waals surface area contributed by atoms with Gasteiger partial charge in [-0.1, -0.05) is 23.2 Å². The monoisotopic (exact) mass is 432 g/mol. The number of alkyl halides is 6. The molecule has 1 unspecified atom stereocenters. The van der Waals surface area contributed by atoms with Gasteiger partial charge in [-0.2, -0.15) is 32.3 Å². The van der Waals surface area contributed by atoms with Crippen molar-refractivity contribution >= 4 is 29.0 Å². The number of benzene rings is 1. The third-order valence-corrected chi connectivity index (χ3v) is 3.98. The molecular weight excluding hydrogens is 425 g/mol. The van der Waals surface area contributed by atoms with Crippen LogP contribution in [-0.4, -0.2) is 23.2 Å². The van der Waals surface area contributed by atoms with Crippen LogP contribution in [0.5, 0.6) is 0 Å². The molecule has 13 heteroatoms. The second-order valence-corrected chi connectivity index (χ2v) is 5.91. The minimum atomic E-state index is -4.78. The molecule has 0 saturated carbocycles. The van der Waals surface area contributed by atoms with E-state index in [0.29, 0.717) is 23.9 Å². The Morgan fingerprint density at radius 3 is 2.15 bits per heavy atom. The zero-order valence-electron chi connectivity index (χ0n) is 13.1. The van der Waals surface area contributed by atoms with Gasteiger partial charge in [0.25, 0.3) is 6.36 Å². The summed E-state index contributed by atoms with van der Waals surface area (Å²) in [6.45, 7) is 0. The topological polar surface area (TPSA) is 76.9 Å². The van der Waals surface area contributed by atoms with Gasteiger partial charge in [0.05, 0.1) is 15.6 Å². The van der Waals surface area contributed by atoms with Crippen LogP contribution in [0.15, 0.2) is 12.1 Å². The van der Waals surface area contributed by atoms with Crippen LogP contribution in [0.1, 0.15) is 16.8 Å². The predicted molar refractivity (Wildman–Crippen MR) is 83.5 cm³/mol. The van der Waals surface area contributed by atoms with E-state index in [0.717, 1.165) is 0 Å². The van der Waals surface area contributed by atoms with Crippen LogP contribution in [0.25, 0.3) is 5.69 Å². The second kappa shape index (κ2) is 7.10. The van der Waals surface area contributed by atoms with Gasteiger partial charge >= 0.3 is 12.1 Å². The molecule has 2 rings (SSSR count). The molecule has 1 heterocycles. The molecule has 0 aliphatic heterocycles. The highest BCUT2D eigenvalue weighted by Crippen LogP contribution is 2.43. The summed E-state index contributed by atoms with van der Waals surface area (Å²) in [5.74, 6) is -5.33. The molecule has 27 heavy (non-hydrogen) atoms. The molecule has 0 spiro atoms. The van der Waals surface area contributed by atoms with Crippen LogP contribution in [0.3, 0.4) is 0 Å². The van der Waals surface area contributed by atoms with Gasteiger partial charge in [-0.15, -0.1) is 0 Å². The van der Waals surface area contributed by atoms with Gasteiger partial charge in [0.1, 0.15) is 23.1 Å². The third-order valence-electron chi connectivity index (χ3n) is 3.41. The first-order valence-electron chi connectivity index (χ1n) is 6.76. The molecule has 5 nitrogen and oxygen atoms in total. The summed E-state index contributed by atoms with van der Waals surface area (Å²) < 4.78 is 84.7. The summed E-state index contributed by atoms with van der Waals surface area (Å²) in [4.78, 5) is 0. The number of anilines is 1. The predicted octanol–water partition coefficient (Wildman–Crippen LogP) is 4.69. The van der Waals surface area contributed by atoms with Crippen molar-refractivity contribution in [2.45, 2.75) is 18.5 Å². The first-order chi connectivity index (χ1) is 12.4. The number of nitrogen functional groups attached to an aromatic ring is 1. The maximum atomic E-state index is 14.2. The van der Waals surface area contributed by atoms with Crippen molar-refractivity contribution in [2.75, 3.05) is 12.8 Å². The fraction of sp³-hybridized carbons (Fsp3) is 0.286. The summed E-state index contributed by atoms with van der Waals surface area (Å²) >= 11 is 11.6. The maximum Gasteiger partial charge on any atom is 0.416 e. The van der Waals surface area contributed by atoms with E-state index in [4.69, 9.17) is 34.2 Å². The SMILES string of the molecule is COC(F)C(F)(F)c1c(C#N)nn(-c2c(Cl)cc(C(F)(F)F)cc2Cl)c1N. The van der Waals surface area contributed by atoms with Crippen molar-refractivity contribution in [3.05, 3.63) is 39.0 Å². The zero-order chi connectivity index (χ0) is 20.7. The third kappa shape index (κ3) is 3.65. The van der Waals surface area contributed by atoms with Crippen molar-refractivity contribution in [3.63, 3.8) is 0 Å². The summed E-state index contributed by atoms with van der Waals surface area (Å²) in [6.07, 6.45) is -7.94. The molecular formula is C14H8Cl2F6N4O. The summed E-state index contributed by atoms with van der Waals surface area (Å²) in [5, 5.41) is 11.2. The van der Waals surface area contributed by atoms with E-state index >= 15 is 0 Å². The average Bonchev–Trinajstić information content (AvgIpc) is 2.89. The maximum absolute atomic E-state index is 14.2. The number of ether oxygens (including phenoxy) is 1. The molecule has 0 aliphatic carbocycles. The van der Waals surface area contributed by atoms with Gasteiger partial charge in [-0.05, 0) is 12.1 Å². The zero-order valence-corrected chi connectivity index (χ0v) is 14.6. The number of nitriles is 1. The van der Waals surface area contributed by atoms with E-state index in [1.165, 1.54) is 6.07 Å². The van der Waals surface area contributed by atoms with Gasteiger partial charge in [0, 0.05) is 7.11 Å². The number of nitrogens with two attached hydrogens (primary N) is 1. The lowest BCUT2D eigenvalue weighted by Gasteiger charge is -2.19. The minimum absolute atomic E-state index is 0.439. The van der Waals surface area contributed by atoms with Gasteiger partial charge in [0.2, 0.25) is 0 Å². The Hall–Kier alpha value is -2.16.